The van der Waals surface area contributed by atoms with Crippen LogP contribution in [0.2, 0.25) is 0 Å². The number of carbonyl (C=O) groups is 1. The molecule has 0 aliphatic heterocycles. The second-order valence-corrected chi connectivity index (χ2v) is 6.27. The SMILES string of the molecule is Cc1nsc(NC(=O)c2c[nH]c3c2-c2ncccc2CCC3)n1. The molecule has 23 heavy (non-hydrogen) atoms. The molecule has 116 valence electrons. The van der Waals surface area contributed by atoms with E-state index in [0.29, 0.717) is 16.5 Å². The maximum absolute atomic E-state index is 12.7. The second kappa shape index (κ2) is 5.58. The highest BCUT2D eigenvalue weighted by molar-refractivity contribution is 7.09. The number of aryl methyl sites for hydroxylation is 3. The number of hydrogen-bond acceptors (Lipinski definition) is 5. The Balaban J connectivity index is 1.75. The maximum Gasteiger partial charge on any atom is 0.259 e. The van der Waals surface area contributed by atoms with E-state index < -0.39 is 0 Å². The number of nitrogens with one attached hydrogen (secondary N) is 2. The molecule has 0 unspecified atom stereocenters. The predicted octanol–water partition coefficient (Wildman–Crippen LogP) is 2.98. The first-order chi connectivity index (χ1) is 11.2. The van der Waals surface area contributed by atoms with Crippen LogP contribution < -0.4 is 5.32 Å². The third kappa shape index (κ3) is 2.53. The molecule has 2 N–H and O–H groups in total. The topological polar surface area (TPSA) is 83.6 Å². The van der Waals surface area contributed by atoms with Crippen LogP contribution >= 0.6 is 11.5 Å². The number of amides is 1. The van der Waals surface area contributed by atoms with Gasteiger partial charge < -0.3 is 4.98 Å². The quantitative estimate of drug-likeness (QED) is 0.759. The van der Waals surface area contributed by atoms with Crippen molar-refractivity contribution in [2.75, 3.05) is 5.32 Å². The number of nitrogens with zero attached hydrogens (tertiary/aromatic N) is 3. The Morgan fingerprint density at radius 1 is 1.39 bits per heavy atom. The molecular weight excluding hydrogens is 310 g/mol. The molecule has 0 fully saturated rings. The summed E-state index contributed by atoms with van der Waals surface area (Å²) >= 11 is 1.18. The number of aromatic amines is 1. The van der Waals surface area contributed by atoms with Gasteiger partial charge in [-0.3, -0.25) is 15.1 Å². The number of hydrogen-bond donors (Lipinski definition) is 2. The lowest BCUT2D eigenvalue weighted by Crippen LogP contribution is -2.12. The van der Waals surface area contributed by atoms with E-state index in [1.165, 1.54) is 17.1 Å². The molecule has 0 aromatic carbocycles. The Kier molecular flexibility index (Phi) is 3.42. The van der Waals surface area contributed by atoms with Crippen molar-refractivity contribution in [2.45, 2.75) is 26.2 Å². The van der Waals surface area contributed by atoms with Crippen LogP contribution in [0.4, 0.5) is 5.13 Å². The molecule has 1 aliphatic rings. The zero-order valence-electron chi connectivity index (χ0n) is 12.6. The van der Waals surface area contributed by atoms with Crippen molar-refractivity contribution in [1.29, 1.82) is 0 Å². The van der Waals surface area contributed by atoms with Crippen LogP contribution in [0.15, 0.2) is 24.5 Å². The van der Waals surface area contributed by atoms with Crippen LogP contribution in [0.3, 0.4) is 0 Å². The third-order valence-electron chi connectivity index (χ3n) is 3.96. The number of carbonyl (C=O) groups excluding carboxylic acids is 1. The highest BCUT2D eigenvalue weighted by atomic mass is 32.1. The molecular formula is C16H15N5OS. The van der Waals surface area contributed by atoms with Crippen LogP contribution in [-0.2, 0) is 12.8 Å². The number of anilines is 1. The van der Waals surface area contributed by atoms with E-state index in [-0.39, 0.29) is 5.91 Å². The minimum absolute atomic E-state index is 0.183. The number of pyridine rings is 1. The lowest BCUT2D eigenvalue weighted by atomic mass is 10.0. The summed E-state index contributed by atoms with van der Waals surface area (Å²) < 4.78 is 4.09. The van der Waals surface area contributed by atoms with E-state index in [1.54, 1.807) is 19.3 Å². The second-order valence-electron chi connectivity index (χ2n) is 5.52. The molecule has 0 saturated heterocycles. The van der Waals surface area contributed by atoms with Gasteiger partial charge in [0.25, 0.3) is 5.91 Å². The van der Waals surface area contributed by atoms with Gasteiger partial charge in [-0.15, -0.1) is 0 Å². The van der Waals surface area contributed by atoms with Gasteiger partial charge in [-0.1, -0.05) is 6.07 Å². The Labute approximate surface area is 137 Å². The molecule has 0 bridgehead atoms. The van der Waals surface area contributed by atoms with Crippen molar-refractivity contribution in [3.63, 3.8) is 0 Å². The van der Waals surface area contributed by atoms with Gasteiger partial charge >= 0.3 is 0 Å². The number of rotatable bonds is 2. The van der Waals surface area contributed by atoms with E-state index in [1.807, 2.05) is 6.07 Å². The highest BCUT2D eigenvalue weighted by Crippen LogP contribution is 2.33. The Morgan fingerprint density at radius 2 is 2.30 bits per heavy atom. The summed E-state index contributed by atoms with van der Waals surface area (Å²) in [6.45, 7) is 1.80. The van der Waals surface area contributed by atoms with Crippen LogP contribution in [0, 0.1) is 6.92 Å². The lowest BCUT2D eigenvalue weighted by molar-refractivity contribution is 0.102. The number of H-pyrrole nitrogens is 1. The minimum Gasteiger partial charge on any atom is -0.364 e. The lowest BCUT2D eigenvalue weighted by Gasteiger charge is -2.07. The van der Waals surface area contributed by atoms with Crippen LogP contribution in [0.5, 0.6) is 0 Å². The monoisotopic (exact) mass is 325 g/mol. The molecule has 3 aromatic rings. The van der Waals surface area contributed by atoms with Crippen molar-refractivity contribution in [1.82, 2.24) is 19.3 Å². The van der Waals surface area contributed by atoms with Gasteiger partial charge in [0, 0.05) is 35.2 Å². The molecule has 7 heteroatoms. The molecule has 1 amide bonds. The molecule has 6 nitrogen and oxygen atoms in total. The first-order valence-corrected chi connectivity index (χ1v) is 8.26. The molecule has 3 aromatic heterocycles. The van der Waals surface area contributed by atoms with Crippen LogP contribution in [0.1, 0.15) is 33.9 Å². The Hall–Kier alpha value is -2.54. The van der Waals surface area contributed by atoms with Crippen molar-refractivity contribution >= 4 is 22.6 Å². The number of fused-ring (bicyclic) bond motifs is 3. The van der Waals surface area contributed by atoms with Crippen molar-refractivity contribution in [3.8, 4) is 11.3 Å². The Bertz CT molecular complexity index is 882. The van der Waals surface area contributed by atoms with Gasteiger partial charge in [-0.05, 0) is 37.8 Å². The summed E-state index contributed by atoms with van der Waals surface area (Å²) in [6.07, 6.45) is 6.47. The smallest absolute Gasteiger partial charge is 0.259 e. The van der Waals surface area contributed by atoms with E-state index in [4.69, 9.17) is 0 Å². The fourth-order valence-corrected chi connectivity index (χ4v) is 3.52. The average molecular weight is 325 g/mol. The molecule has 0 spiro atoms. The van der Waals surface area contributed by atoms with Crippen LogP contribution in [-0.4, -0.2) is 25.2 Å². The zero-order chi connectivity index (χ0) is 15.8. The molecule has 0 saturated carbocycles. The summed E-state index contributed by atoms with van der Waals surface area (Å²) in [4.78, 5) is 24.6. The maximum atomic E-state index is 12.7. The van der Waals surface area contributed by atoms with Crippen LogP contribution in [0.25, 0.3) is 11.3 Å². The molecule has 0 radical (unpaired) electrons. The van der Waals surface area contributed by atoms with Gasteiger partial charge in [0.15, 0.2) is 0 Å². The average Bonchev–Trinajstić information content (AvgIpc) is 3.10. The van der Waals surface area contributed by atoms with E-state index in [9.17, 15) is 4.79 Å². The normalized spacial score (nSPS) is 13.1. The van der Waals surface area contributed by atoms with Gasteiger partial charge in [0.1, 0.15) is 5.82 Å². The molecule has 4 rings (SSSR count). The van der Waals surface area contributed by atoms with E-state index in [0.717, 1.165) is 36.2 Å². The summed E-state index contributed by atoms with van der Waals surface area (Å²) in [5.74, 6) is 0.474. The summed E-state index contributed by atoms with van der Waals surface area (Å²) in [6, 6.07) is 4.03. The van der Waals surface area contributed by atoms with E-state index in [2.05, 4.69) is 30.7 Å². The minimum atomic E-state index is -0.183. The van der Waals surface area contributed by atoms with Gasteiger partial charge in [0.2, 0.25) is 5.13 Å². The van der Waals surface area contributed by atoms with Crippen molar-refractivity contribution in [3.05, 3.63) is 47.2 Å². The summed E-state index contributed by atoms with van der Waals surface area (Å²) in [5, 5.41) is 3.34. The first kappa shape index (κ1) is 14.1. The summed E-state index contributed by atoms with van der Waals surface area (Å²) in [5.41, 5.74) is 4.68. The molecule has 3 heterocycles. The third-order valence-corrected chi connectivity index (χ3v) is 4.68. The zero-order valence-corrected chi connectivity index (χ0v) is 13.4. The van der Waals surface area contributed by atoms with Crippen molar-refractivity contribution < 1.29 is 4.79 Å². The fraction of sp³-hybridized carbons (Fsp3) is 0.250. The predicted molar refractivity (Wildman–Crippen MR) is 88.6 cm³/mol. The highest BCUT2D eigenvalue weighted by Gasteiger charge is 2.24. The van der Waals surface area contributed by atoms with Gasteiger partial charge in [-0.2, -0.15) is 4.37 Å². The van der Waals surface area contributed by atoms with Gasteiger partial charge in [-0.25, -0.2) is 4.98 Å². The molecule has 0 atom stereocenters. The molecule has 1 aliphatic carbocycles. The first-order valence-electron chi connectivity index (χ1n) is 7.48. The largest absolute Gasteiger partial charge is 0.364 e. The summed E-state index contributed by atoms with van der Waals surface area (Å²) in [7, 11) is 0. The van der Waals surface area contributed by atoms with Crippen molar-refractivity contribution in [2.24, 2.45) is 0 Å². The number of aromatic nitrogens is 4. The standard InChI is InChI=1S/C16H15N5OS/c1-9-19-16(23-21-9)20-15(22)11-8-18-12-6-2-4-10-5-3-7-17-14(10)13(11)12/h3,5,7-8,18H,2,4,6H2,1H3,(H,19,20,21,22). The Morgan fingerprint density at radius 3 is 3.13 bits per heavy atom. The van der Waals surface area contributed by atoms with E-state index >= 15 is 0 Å². The van der Waals surface area contributed by atoms with Gasteiger partial charge in [0.05, 0.1) is 11.3 Å². The fourth-order valence-electron chi connectivity index (χ4n) is 2.95.